The molecule has 2 aromatic carbocycles. The van der Waals surface area contributed by atoms with Gasteiger partial charge in [-0.3, -0.25) is 4.99 Å². The highest BCUT2D eigenvalue weighted by molar-refractivity contribution is 14.0. The summed E-state index contributed by atoms with van der Waals surface area (Å²) in [5.41, 5.74) is 1.96. The maximum atomic E-state index is 12.6. The van der Waals surface area contributed by atoms with Crippen molar-refractivity contribution in [2.45, 2.75) is 37.9 Å². The van der Waals surface area contributed by atoms with Crippen molar-refractivity contribution in [1.82, 2.24) is 14.9 Å². The van der Waals surface area contributed by atoms with Gasteiger partial charge in [0.2, 0.25) is 10.0 Å². The van der Waals surface area contributed by atoms with E-state index >= 15 is 0 Å². The lowest BCUT2D eigenvalue weighted by Crippen LogP contribution is -2.36. The summed E-state index contributed by atoms with van der Waals surface area (Å²) in [4.78, 5) is 4.51. The number of ether oxygens (including phenoxy) is 2. The number of nitrogens with zero attached hydrogens (tertiary/aromatic N) is 2. The van der Waals surface area contributed by atoms with Gasteiger partial charge in [-0.15, -0.1) is 24.0 Å². The number of nitrogens with one attached hydrogen (secondary N) is 2. The Hall–Kier alpha value is -2.05. The lowest BCUT2D eigenvalue weighted by molar-refractivity contribution is 0.354. The molecular weight excluding hydrogens is 543 g/mol. The van der Waals surface area contributed by atoms with Crippen molar-refractivity contribution < 1.29 is 17.9 Å². The first-order valence-electron chi connectivity index (χ1n) is 9.95. The predicted octanol–water partition coefficient (Wildman–Crippen LogP) is 3.22. The van der Waals surface area contributed by atoms with Crippen LogP contribution in [-0.2, 0) is 23.1 Å². The van der Waals surface area contributed by atoms with Crippen LogP contribution in [0, 0.1) is 0 Å². The molecule has 0 amide bonds. The molecule has 0 aliphatic carbocycles. The third-order valence-electron chi connectivity index (χ3n) is 4.92. The maximum absolute atomic E-state index is 12.6. The third-order valence-corrected chi connectivity index (χ3v) is 6.97. The molecule has 0 bridgehead atoms. The molecular formula is C22H33IN4O4S. The molecule has 2 rings (SSSR count). The topological polar surface area (TPSA) is 92.3 Å². The Morgan fingerprint density at radius 3 is 2.00 bits per heavy atom. The molecule has 0 unspecified atom stereocenters. The number of guanidine groups is 1. The van der Waals surface area contributed by atoms with Crippen LogP contribution in [0.5, 0.6) is 11.5 Å². The minimum absolute atomic E-state index is 0. The van der Waals surface area contributed by atoms with Crippen molar-refractivity contribution in [2.75, 3.05) is 28.3 Å². The molecule has 0 aliphatic rings. The summed E-state index contributed by atoms with van der Waals surface area (Å²) >= 11 is 0. The number of hydrogen-bond acceptors (Lipinski definition) is 5. The van der Waals surface area contributed by atoms with E-state index in [4.69, 9.17) is 9.47 Å². The highest BCUT2D eigenvalue weighted by atomic mass is 127. The zero-order chi connectivity index (χ0) is 23.0. The van der Waals surface area contributed by atoms with Crippen LogP contribution in [0.25, 0.3) is 0 Å². The molecule has 0 radical (unpaired) electrons. The molecule has 0 aromatic heterocycles. The van der Waals surface area contributed by atoms with Crippen molar-refractivity contribution in [2.24, 2.45) is 4.99 Å². The molecule has 0 fully saturated rings. The molecule has 32 heavy (non-hydrogen) atoms. The van der Waals surface area contributed by atoms with E-state index < -0.39 is 10.0 Å². The molecule has 2 N–H and O–H groups in total. The second kappa shape index (κ2) is 12.9. The van der Waals surface area contributed by atoms with E-state index in [-0.39, 0.29) is 34.9 Å². The fraction of sp³-hybridized carbons (Fsp3) is 0.409. The Morgan fingerprint density at radius 1 is 0.969 bits per heavy atom. The quantitative estimate of drug-likeness (QED) is 0.271. The number of sulfonamides is 1. The summed E-state index contributed by atoms with van der Waals surface area (Å²) in [6, 6.07) is 12.5. The first kappa shape index (κ1) is 28.0. The number of aliphatic imine (C=N–C) groups is 1. The zero-order valence-corrected chi connectivity index (χ0v) is 22.5. The molecule has 0 atom stereocenters. The van der Waals surface area contributed by atoms with E-state index in [1.54, 1.807) is 52.6 Å². The van der Waals surface area contributed by atoms with Gasteiger partial charge < -0.3 is 20.1 Å². The SMILES string of the molecule is CN=C(NCc1ccc(S(=O)(=O)N(C)C(C)C)cc1)NCc1ccc(OC)c(OC)c1.I. The average Bonchev–Trinajstić information content (AvgIpc) is 2.78. The van der Waals surface area contributed by atoms with Gasteiger partial charge in [-0.25, -0.2) is 8.42 Å². The molecule has 2 aromatic rings. The molecule has 0 aliphatic heterocycles. The Bertz CT molecular complexity index is 995. The van der Waals surface area contributed by atoms with Gasteiger partial charge in [0, 0.05) is 33.2 Å². The van der Waals surface area contributed by atoms with Crippen molar-refractivity contribution in [3.8, 4) is 11.5 Å². The van der Waals surface area contributed by atoms with Crippen molar-refractivity contribution >= 4 is 40.0 Å². The Kier molecular flexibility index (Phi) is 11.2. The number of methoxy groups -OCH3 is 2. The molecule has 0 saturated heterocycles. The van der Waals surface area contributed by atoms with Gasteiger partial charge in [-0.05, 0) is 49.2 Å². The van der Waals surface area contributed by atoms with Gasteiger partial charge in [0.1, 0.15) is 0 Å². The van der Waals surface area contributed by atoms with Crippen LogP contribution in [0.15, 0.2) is 52.4 Å². The highest BCUT2D eigenvalue weighted by Gasteiger charge is 2.22. The molecule has 0 spiro atoms. The van der Waals surface area contributed by atoms with E-state index in [2.05, 4.69) is 15.6 Å². The first-order chi connectivity index (χ1) is 14.7. The minimum Gasteiger partial charge on any atom is -0.493 e. The van der Waals surface area contributed by atoms with Gasteiger partial charge >= 0.3 is 0 Å². The van der Waals surface area contributed by atoms with Gasteiger partial charge in [0.15, 0.2) is 17.5 Å². The number of halogens is 1. The lowest BCUT2D eigenvalue weighted by atomic mass is 10.2. The Balaban J connectivity index is 0.00000512. The molecule has 0 saturated carbocycles. The van der Waals surface area contributed by atoms with E-state index in [0.29, 0.717) is 30.5 Å². The fourth-order valence-electron chi connectivity index (χ4n) is 2.81. The zero-order valence-electron chi connectivity index (χ0n) is 19.4. The van der Waals surface area contributed by atoms with Gasteiger partial charge in [-0.1, -0.05) is 18.2 Å². The van der Waals surface area contributed by atoms with Gasteiger partial charge in [-0.2, -0.15) is 4.31 Å². The lowest BCUT2D eigenvalue weighted by Gasteiger charge is -2.21. The van der Waals surface area contributed by atoms with Crippen LogP contribution in [-0.4, -0.2) is 53.0 Å². The van der Waals surface area contributed by atoms with Crippen LogP contribution in [0.4, 0.5) is 0 Å². The van der Waals surface area contributed by atoms with Gasteiger partial charge in [0.25, 0.3) is 0 Å². The fourth-order valence-corrected chi connectivity index (χ4v) is 4.17. The van der Waals surface area contributed by atoms with Crippen molar-refractivity contribution in [3.05, 3.63) is 53.6 Å². The van der Waals surface area contributed by atoms with Crippen molar-refractivity contribution in [1.29, 1.82) is 0 Å². The third kappa shape index (κ3) is 7.24. The van der Waals surface area contributed by atoms with Crippen LogP contribution >= 0.6 is 24.0 Å². The van der Waals surface area contributed by atoms with E-state index in [9.17, 15) is 8.42 Å². The summed E-state index contributed by atoms with van der Waals surface area (Å²) in [6.45, 7) is 4.75. The normalized spacial score (nSPS) is 11.8. The molecule has 0 heterocycles. The van der Waals surface area contributed by atoms with E-state index in [1.165, 1.54) is 4.31 Å². The monoisotopic (exact) mass is 576 g/mol. The maximum Gasteiger partial charge on any atom is 0.243 e. The summed E-state index contributed by atoms with van der Waals surface area (Å²) < 4.78 is 37.1. The van der Waals surface area contributed by atoms with Crippen LogP contribution in [0.1, 0.15) is 25.0 Å². The minimum atomic E-state index is -3.48. The number of rotatable bonds is 9. The Labute approximate surface area is 208 Å². The molecule has 8 nitrogen and oxygen atoms in total. The number of hydrogen-bond donors (Lipinski definition) is 2. The average molecular weight is 577 g/mol. The Morgan fingerprint density at radius 2 is 1.50 bits per heavy atom. The van der Waals surface area contributed by atoms with E-state index in [1.807, 2.05) is 32.0 Å². The smallest absolute Gasteiger partial charge is 0.243 e. The second-order valence-corrected chi connectivity index (χ2v) is 9.23. The predicted molar refractivity (Wildman–Crippen MR) is 139 cm³/mol. The summed E-state index contributed by atoms with van der Waals surface area (Å²) in [6.07, 6.45) is 0. The van der Waals surface area contributed by atoms with Crippen LogP contribution in [0.2, 0.25) is 0 Å². The number of benzene rings is 2. The molecule has 178 valence electrons. The standard InChI is InChI=1S/C22H32N4O4S.HI/c1-16(2)26(4)31(27,28)19-10-7-17(8-11-19)14-24-22(23-3)25-15-18-9-12-20(29-5)21(13-18)30-6;/h7-13,16H,14-15H2,1-6H3,(H2,23,24,25);1H. The second-order valence-electron chi connectivity index (χ2n) is 7.23. The summed E-state index contributed by atoms with van der Waals surface area (Å²) in [7, 11) is 3.01. The van der Waals surface area contributed by atoms with Crippen LogP contribution in [0.3, 0.4) is 0 Å². The van der Waals surface area contributed by atoms with E-state index in [0.717, 1.165) is 11.1 Å². The van der Waals surface area contributed by atoms with Gasteiger partial charge in [0.05, 0.1) is 19.1 Å². The van der Waals surface area contributed by atoms with Crippen molar-refractivity contribution in [3.63, 3.8) is 0 Å². The summed E-state index contributed by atoms with van der Waals surface area (Å²) in [5, 5.41) is 6.48. The molecule has 10 heteroatoms. The largest absolute Gasteiger partial charge is 0.493 e. The first-order valence-corrected chi connectivity index (χ1v) is 11.4. The summed E-state index contributed by atoms with van der Waals surface area (Å²) in [5.74, 6) is 1.98. The highest BCUT2D eigenvalue weighted by Crippen LogP contribution is 2.27. The van der Waals surface area contributed by atoms with Crippen LogP contribution < -0.4 is 20.1 Å².